The number of likely N-dealkylation sites (tertiary alicyclic amines) is 1. The van der Waals surface area contributed by atoms with Crippen LogP contribution in [0.1, 0.15) is 48.3 Å². The Balaban J connectivity index is 1.40. The highest BCUT2D eigenvalue weighted by molar-refractivity contribution is 5.94. The number of fused-ring (bicyclic) bond motifs is 2. The number of carbonyl (C=O) groups is 1. The normalized spacial score (nSPS) is 21.4. The average Bonchev–Trinajstić information content (AvgIpc) is 2.79. The van der Waals surface area contributed by atoms with E-state index in [4.69, 9.17) is 0 Å². The second kappa shape index (κ2) is 7.71. The molecule has 0 N–H and O–H groups in total. The first-order valence-electron chi connectivity index (χ1n) is 11.0. The molecule has 5 heteroatoms. The van der Waals surface area contributed by atoms with Crippen LogP contribution < -0.4 is 5.56 Å². The lowest BCUT2D eigenvalue weighted by Crippen LogP contribution is -2.44. The van der Waals surface area contributed by atoms with Crippen molar-refractivity contribution in [3.8, 4) is 5.69 Å². The Labute approximate surface area is 176 Å². The van der Waals surface area contributed by atoms with Crippen molar-refractivity contribution in [3.63, 3.8) is 0 Å². The molecule has 1 saturated heterocycles. The summed E-state index contributed by atoms with van der Waals surface area (Å²) in [5, 5.41) is 0.596. The number of nitrogens with zero attached hydrogens (tertiary/aromatic N) is 3. The van der Waals surface area contributed by atoms with Crippen LogP contribution in [0.5, 0.6) is 0 Å². The van der Waals surface area contributed by atoms with Crippen molar-refractivity contribution in [2.75, 3.05) is 13.1 Å². The van der Waals surface area contributed by atoms with Gasteiger partial charge in [-0.05, 0) is 68.0 Å². The maximum absolute atomic E-state index is 13.1. The van der Waals surface area contributed by atoms with Crippen molar-refractivity contribution in [2.45, 2.75) is 39.0 Å². The molecule has 2 fully saturated rings. The number of hydrogen-bond acceptors (Lipinski definition) is 3. The summed E-state index contributed by atoms with van der Waals surface area (Å²) in [5.74, 6) is 2.21. The van der Waals surface area contributed by atoms with Crippen molar-refractivity contribution in [1.29, 1.82) is 0 Å². The predicted molar refractivity (Wildman–Crippen MR) is 118 cm³/mol. The van der Waals surface area contributed by atoms with Gasteiger partial charge in [0.1, 0.15) is 5.82 Å². The monoisotopic (exact) mass is 401 g/mol. The highest BCUT2D eigenvalue weighted by atomic mass is 16.2. The van der Waals surface area contributed by atoms with Gasteiger partial charge in [0.25, 0.3) is 11.5 Å². The van der Waals surface area contributed by atoms with Gasteiger partial charge in [-0.15, -0.1) is 0 Å². The van der Waals surface area contributed by atoms with Crippen LogP contribution in [0.25, 0.3) is 16.6 Å². The van der Waals surface area contributed by atoms with Crippen LogP contribution >= 0.6 is 0 Å². The molecule has 0 radical (unpaired) electrons. The fraction of sp³-hybridized carbons (Fsp3) is 0.400. The number of para-hydroxylation sites is 1. The van der Waals surface area contributed by atoms with E-state index in [2.05, 4.69) is 4.98 Å². The van der Waals surface area contributed by atoms with Crippen LogP contribution in [0.2, 0.25) is 0 Å². The van der Waals surface area contributed by atoms with Crippen molar-refractivity contribution in [1.82, 2.24) is 14.5 Å². The summed E-state index contributed by atoms with van der Waals surface area (Å²) in [7, 11) is 0. The molecule has 0 spiro atoms. The Hall–Kier alpha value is -2.95. The second-order valence-corrected chi connectivity index (χ2v) is 8.71. The van der Waals surface area contributed by atoms with Gasteiger partial charge < -0.3 is 4.90 Å². The molecule has 2 aliphatic rings. The predicted octanol–water partition coefficient (Wildman–Crippen LogP) is 4.35. The van der Waals surface area contributed by atoms with Crippen molar-refractivity contribution in [3.05, 3.63) is 70.3 Å². The summed E-state index contributed by atoms with van der Waals surface area (Å²) in [6, 6.07) is 14.8. The summed E-state index contributed by atoms with van der Waals surface area (Å²) in [6.45, 7) is 3.58. The fourth-order valence-electron chi connectivity index (χ4n) is 5.27. The molecular formula is C25H27N3O2. The minimum Gasteiger partial charge on any atom is -0.338 e. The van der Waals surface area contributed by atoms with E-state index in [1.807, 2.05) is 54.3 Å². The van der Waals surface area contributed by atoms with E-state index in [0.717, 1.165) is 31.1 Å². The lowest BCUT2D eigenvalue weighted by molar-refractivity contribution is 0.0521. The van der Waals surface area contributed by atoms with E-state index in [0.29, 0.717) is 28.2 Å². The Morgan fingerprint density at radius 3 is 2.50 bits per heavy atom. The third kappa shape index (κ3) is 3.32. The first-order chi connectivity index (χ1) is 14.6. The Morgan fingerprint density at radius 2 is 1.70 bits per heavy atom. The largest absolute Gasteiger partial charge is 0.338 e. The van der Waals surface area contributed by atoms with Crippen LogP contribution in [0.15, 0.2) is 53.3 Å². The average molecular weight is 402 g/mol. The summed E-state index contributed by atoms with van der Waals surface area (Å²) < 4.78 is 1.62. The van der Waals surface area contributed by atoms with E-state index in [1.165, 1.54) is 25.7 Å². The highest BCUT2D eigenvalue weighted by Gasteiger charge is 2.33. The van der Waals surface area contributed by atoms with Gasteiger partial charge >= 0.3 is 0 Å². The van der Waals surface area contributed by atoms with Crippen LogP contribution in [0.3, 0.4) is 0 Å². The molecule has 1 aliphatic carbocycles. The summed E-state index contributed by atoms with van der Waals surface area (Å²) >= 11 is 0. The number of hydrogen-bond donors (Lipinski definition) is 0. The molecule has 0 bridgehead atoms. The van der Waals surface area contributed by atoms with E-state index in [-0.39, 0.29) is 11.5 Å². The van der Waals surface area contributed by atoms with Crippen molar-refractivity contribution < 1.29 is 4.79 Å². The van der Waals surface area contributed by atoms with E-state index in [1.54, 1.807) is 10.6 Å². The van der Waals surface area contributed by atoms with Gasteiger partial charge in [0.05, 0.1) is 16.6 Å². The summed E-state index contributed by atoms with van der Waals surface area (Å²) in [5.41, 5.74) is 2.04. The molecule has 1 aliphatic heterocycles. The third-order valence-corrected chi connectivity index (χ3v) is 6.89. The zero-order chi connectivity index (χ0) is 20.7. The molecule has 1 aromatic heterocycles. The lowest BCUT2D eigenvalue weighted by Gasteiger charge is -2.41. The number of carbonyl (C=O) groups excluding carboxylic acids is 1. The number of benzene rings is 2. The molecule has 1 saturated carbocycles. The Bertz CT molecular complexity index is 1150. The number of rotatable bonds is 2. The van der Waals surface area contributed by atoms with Crippen LogP contribution in [0, 0.1) is 18.8 Å². The van der Waals surface area contributed by atoms with Gasteiger partial charge in [-0.25, -0.2) is 4.98 Å². The standard InChI is InChI=1S/C25H27N3O2/c1-17-26-23-9-5-4-8-22(23)25(30)28(17)21-12-10-19(11-13-21)24(29)27-15-14-18-6-2-3-7-20(18)16-27/h4-5,8-13,18,20H,2-3,6-7,14-16H2,1H3/t18-,20+/m0/s1. The lowest BCUT2D eigenvalue weighted by atomic mass is 9.75. The number of aromatic nitrogens is 2. The van der Waals surface area contributed by atoms with Crippen LogP contribution in [0.4, 0.5) is 0 Å². The molecule has 3 aromatic rings. The molecule has 30 heavy (non-hydrogen) atoms. The van der Waals surface area contributed by atoms with E-state index < -0.39 is 0 Å². The molecule has 154 valence electrons. The Morgan fingerprint density at radius 1 is 0.967 bits per heavy atom. The molecule has 5 rings (SSSR count). The summed E-state index contributed by atoms with van der Waals surface area (Å²) in [6.07, 6.45) is 6.36. The molecule has 1 amide bonds. The van der Waals surface area contributed by atoms with E-state index in [9.17, 15) is 9.59 Å². The van der Waals surface area contributed by atoms with Crippen molar-refractivity contribution in [2.24, 2.45) is 11.8 Å². The van der Waals surface area contributed by atoms with Gasteiger partial charge in [0.2, 0.25) is 0 Å². The fourth-order valence-corrected chi connectivity index (χ4v) is 5.27. The van der Waals surface area contributed by atoms with Crippen molar-refractivity contribution >= 4 is 16.8 Å². The SMILES string of the molecule is Cc1nc2ccccc2c(=O)n1-c1ccc(C(=O)N2CC[C@@H]3CCCC[C@@H]3C2)cc1. The van der Waals surface area contributed by atoms with Crippen LogP contribution in [-0.2, 0) is 0 Å². The smallest absolute Gasteiger partial charge is 0.265 e. The maximum Gasteiger partial charge on any atom is 0.265 e. The zero-order valence-electron chi connectivity index (χ0n) is 17.4. The number of amides is 1. The number of piperidine rings is 1. The minimum absolute atomic E-state index is 0.0865. The molecule has 2 atom stereocenters. The van der Waals surface area contributed by atoms with E-state index >= 15 is 0 Å². The minimum atomic E-state index is -0.0865. The van der Waals surface area contributed by atoms with Gasteiger partial charge in [-0.1, -0.05) is 31.4 Å². The quantitative estimate of drug-likeness (QED) is 0.642. The molecule has 0 unspecified atom stereocenters. The summed E-state index contributed by atoms with van der Waals surface area (Å²) in [4.78, 5) is 32.7. The van der Waals surface area contributed by atoms with Gasteiger partial charge in [-0.3, -0.25) is 14.2 Å². The molecular weight excluding hydrogens is 374 g/mol. The van der Waals surface area contributed by atoms with Gasteiger partial charge in [0, 0.05) is 18.7 Å². The first kappa shape index (κ1) is 19.0. The second-order valence-electron chi connectivity index (χ2n) is 8.71. The maximum atomic E-state index is 13.1. The third-order valence-electron chi connectivity index (χ3n) is 6.89. The topological polar surface area (TPSA) is 55.2 Å². The first-order valence-corrected chi connectivity index (χ1v) is 11.0. The molecule has 2 heterocycles. The Kier molecular flexibility index (Phi) is 4.89. The molecule has 2 aromatic carbocycles. The number of aryl methyl sites for hydroxylation is 1. The highest BCUT2D eigenvalue weighted by Crippen LogP contribution is 2.36. The van der Waals surface area contributed by atoms with Crippen LogP contribution in [-0.4, -0.2) is 33.4 Å². The van der Waals surface area contributed by atoms with Gasteiger partial charge in [0.15, 0.2) is 0 Å². The molecule has 5 nitrogen and oxygen atoms in total. The zero-order valence-corrected chi connectivity index (χ0v) is 17.4. The van der Waals surface area contributed by atoms with Gasteiger partial charge in [-0.2, -0.15) is 0 Å².